The fourth-order valence-electron chi connectivity index (χ4n) is 6.87. The molecule has 0 aliphatic heterocycles. The van der Waals surface area contributed by atoms with E-state index in [2.05, 4.69) is 130 Å². The molecule has 0 amide bonds. The van der Waals surface area contributed by atoms with Gasteiger partial charge in [-0.25, -0.2) is 9.97 Å². The smallest absolute Gasteiger partial charge is 0.163 e. The van der Waals surface area contributed by atoms with E-state index in [9.17, 15) is 5.26 Å². The quantitative estimate of drug-likeness (QED) is 0.206. The van der Waals surface area contributed by atoms with Gasteiger partial charge in [0.15, 0.2) is 5.82 Å². The second kappa shape index (κ2) is 10.3. The molecule has 3 aromatic heterocycles. The van der Waals surface area contributed by atoms with Crippen LogP contribution in [0.25, 0.3) is 77.6 Å². The van der Waals surface area contributed by atoms with Crippen LogP contribution in [0, 0.1) is 11.3 Å². The van der Waals surface area contributed by atoms with Gasteiger partial charge in [-0.3, -0.25) is 0 Å². The molecule has 0 aliphatic carbocycles. The molecular weight excluding hydrogens is 562 g/mol. The van der Waals surface area contributed by atoms with Crippen LogP contribution in [0.2, 0.25) is 0 Å². The average Bonchev–Trinajstić information content (AvgIpc) is 3.64. The summed E-state index contributed by atoms with van der Waals surface area (Å²) in [7, 11) is 0. The number of para-hydroxylation sites is 6. The Bertz CT molecular complexity index is 2390. The average molecular weight is 588 g/mol. The molecule has 0 saturated carbocycles. The summed E-state index contributed by atoms with van der Waals surface area (Å²) in [5.74, 6) is 0.503. The molecule has 3 heterocycles. The SMILES string of the molecule is N#Cc1cc(-c2ccccc2-n2c3ccccc3c3ccccc32)nc(-c2ccccc2-n2c3ccccc3c3ccccc32)n1. The van der Waals surface area contributed by atoms with E-state index in [1.165, 1.54) is 21.5 Å². The molecule has 9 rings (SSSR count). The lowest BCUT2D eigenvalue weighted by Gasteiger charge is -2.16. The van der Waals surface area contributed by atoms with Crippen molar-refractivity contribution in [2.24, 2.45) is 0 Å². The van der Waals surface area contributed by atoms with E-state index in [4.69, 9.17) is 9.97 Å². The zero-order valence-electron chi connectivity index (χ0n) is 24.7. The normalized spacial score (nSPS) is 11.5. The van der Waals surface area contributed by atoms with Gasteiger partial charge in [-0.2, -0.15) is 5.26 Å². The minimum absolute atomic E-state index is 0.314. The predicted molar refractivity (Wildman–Crippen MR) is 186 cm³/mol. The summed E-state index contributed by atoms with van der Waals surface area (Å²) in [5, 5.41) is 14.9. The minimum atomic E-state index is 0.314. The van der Waals surface area contributed by atoms with E-state index in [1.807, 2.05) is 30.3 Å². The highest BCUT2D eigenvalue weighted by Gasteiger charge is 2.20. The monoisotopic (exact) mass is 587 g/mol. The summed E-state index contributed by atoms with van der Waals surface area (Å²) in [5.41, 5.74) is 9.15. The van der Waals surface area contributed by atoms with E-state index in [-0.39, 0.29) is 0 Å². The first-order chi connectivity index (χ1) is 22.8. The van der Waals surface area contributed by atoms with Crippen LogP contribution < -0.4 is 0 Å². The van der Waals surface area contributed by atoms with Crippen molar-refractivity contribution in [1.29, 1.82) is 5.26 Å². The van der Waals surface area contributed by atoms with Crippen molar-refractivity contribution in [3.63, 3.8) is 0 Å². The second-order valence-electron chi connectivity index (χ2n) is 11.3. The van der Waals surface area contributed by atoms with Gasteiger partial charge in [-0.1, -0.05) is 103 Å². The summed E-state index contributed by atoms with van der Waals surface area (Å²) >= 11 is 0. The topological polar surface area (TPSA) is 59.4 Å². The number of nitriles is 1. The van der Waals surface area contributed by atoms with Crippen molar-refractivity contribution < 1.29 is 0 Å². The molecule has 46 heavy (non-hydrogen) atoms. The van der Waals surface area contributed by atoms with Crippen LogP contribution >= 0.6 is 0 Å². The summed E-state index contributed by atoms with van der Waals surface area (Å²) in [6.07, 6.45) is 0. The fraction of sp³-hybridized carbons (Fsp3) is 0. The first-order valence-electron chi connectivity index (χ1n) is 15.3. The Kier molecular flexibility index (Phi) is 5.81. The molecule has 214 valence electrons. The van der Waals surface area contributed by atoms with Crippen molar-refractivity contribution in [3.8, 4) is 40.1 Å². The van der Waals surface area contributed by atoms with Crippen molar-refractivity contribution in [3.05, 3.63) is 157 Å². The van der Waals surface area contributed by atoms with Crippen molar-refractivity contribution in [2.75, 3.05) is 0 Å². The summed E-state index contributed by atoms with van der Waals surface area (Å²) in [6, 6.07) is 54.4. The molecule has 0 spiro atoms. The third-order valence-electron chi connectivity index (χ3n) is 8.81. The summed E-state index contributed by atoms with van der Waals surface area (Å²) in [4.78, 5) is 9.97. The molecule has 0 radical (unpaired) electrons. The lowest BCUT2D eigenvalue weighted by molar-refractivity contribution is 1.11. The molecule has 0 bridgehead atoms. The van der Waals surface area contributed by atoms with Gasteiger partial charge in [0.1, 0.15) is 11.8 Å². The molecule has 5 heteroatoms. The zero-order chi connectivity index (χ0) is 30.6. The molecule has 0 N–H and O–H groups in total. The number of hydrogen-bond acceptors (Lipinski definition) is 3. The van der Waals surface area contributed by atoms with Gasteiger partial charge in [0.2, 0.25) is 0 Å². The number of hydrogen-bond donors (Lipinski definition) is 0. The number of fused-ring (bicyclic) bond motifs is 6. The Morgan fingerprint density at radius 1 is 0.435 bits per heavy atom. The molecule has 0 aliphatic rings. The number of aromatic nitrogens is 4. The van der Waals surface area contributed by atoms with E-state index in [1.54, 1.807) is 6.07 Å². The number of nitrogens with zero attached hydrogens (tertiary/aromatic N) is 5. The van der Waals surface area contributed by atoms with Crippen LogP contribution in [0.1, 0.15) is 5.69 Å². The van der Waals surface area contributed by atoms with E-state index < -0.39 is 0 Å². The Balaban J connectivity index is 1.29. The van der Waals surface area contributed by atoms with Crippen LogP contribution in [0.5, 0.6) is 0 Å². The van der Waals surface area contributed by atoms with Gasteiger partial charge in [-0.05, 0) is 42.5 Å². The Morgan fingerprint density at radius 2 is 0.826 bits per heavy atom. The largest absolute Gasteiger partial charge is 0.309 e. The van der Waals surface area contributed by atoms with Gasteiger partial charge in [-0.15, -0.1) is 0 Å². The Labute approximate surface area is 264 Å². The maximum atomic E-state index is 10.2. The lowest BCUT2D eigenvalue weighted by atomic mass is 10.1. The van der Waals surface area contributed by atoms with Gasteiger partial charge < -0.3 is 9.13 Å². The van der Waals surface area contributed by atoms with Crippen LogP contribution in [0.4, 0.5) is 0 Å². The van der Waals surface area contributed by atoms with Crippen LogP contribution in [0.15, 0.2) is 152 Å². The van der Waals surface area contributed by atoms with Crippen LogP contribution in [-0.2, 0) is 0 Å². The number of benzene rings is 6. The standard InChI is InChI=1S/C41H25N5/c42-26-27-25-34(32-17-5-11-23-39(32)45-35-19-7-1-13-28(35)29-14-2-8-20-36(29)45)44-41(43-27)33-18-6-12-24-40(33)46-37-21-9-3-15-30(37)31-16-4-10-22-38(31)46/h1-25H. The third kappa shape index (κ3) is 3.88. The van der Waals surface area contributed by atoms with Gasteiger partial charge in [0.25, 0.3) is 0 Å². The molecule has 0 saturated heterocycles. The number of rotatable bonds is 4. The van der Waals surface area contributed by atoms with Crippen molar-refractivity contribution >= 4 is 43.6 Å². The lowest BCUT2D eigenvalue weighted by Crippen LogP contribution is -2.03. The van der Waals surface area contributed by atoms with Gasteiger partial charge in [0.05, 0.1) is 39.1 Å². The second-order valence-corrected chi connectivity index (χ2v) is 11.3. The van der Waals surface area contributed by atoms with E-state index in [0.29, 0.717) is 17.2 Å². The fourth-order valence-corrected chi connectivity index (χ4v) is 6.87. The molecular formula is C41H25N5. The van der Waals surface area contributed by atoms with Crippen molar-refractivity contribution in [1.82, 2.24) is 19.1 Å². The Morgan fingerprint density at radius 3 is 1.30 bits per heavy atom. The highest BCUT2D eigenvalue weighted by molar-refractivity contribution is 6.10. The summed E-state index contributed by atoms with van der Waals surface area (Å²) in [6.45, 7) is 0. The highest BCUT2D eigenvalue weighted by Crippen LogP contribution is 2.38. The van der Waals surface area contributed by atoms with Gasteiger partial charge in [0, 0.05) is 38.7 Å². The summed E-state index contributed by atoms with van der Waals surface area (Å²) < 4.78 is 4.56. The van der Waals surface area contributed by atoms with E-state index in [0.717, 1.165) is 44.6 Å². The van der Waals surface area contributed by atoms with Crippen LogP contribution in [-0.4, -0.2) is 19.1 Å². The first-order valence-corrected chi connectivity index (χ1v) is 15.3. The molecule has 0 atom stereocenters. The maximum absolute atomic E-state index is 10.2. The molecule has 5 nitrogen and oxygen atoms in total. The first kappa shape index (κ1) is 25.9. The highest BCUT2D eigenvalue weighted by atomic mass is 15.0. The third-order valence-corrected chi connectivity index (χ3v) is 8.81. The Hall–Kier alpha value is -6.51. The zero-order valence-corrected chi connectivity index (χ0v) is 24.7. The molecule has 0 fully saturated rings. The van der Waals surface area contributed by atoms with Crippen molar-refractivity contribution in [2.45, 2.75) is 0 Å². The van der Waals surface area contributed by atoms with Crippen LogP contribution in [0.3, 0.4) is 0 Å². The minimum Gasteiger partial charge on any atom is -0.309 e. The van der Waals surface area contributed by atoms with E-state index >= 15 is 0 Å². The molecule has 0 unspecified atom stereocenters. The van der Waals surface area contributed by atoms with Gasteiger partial charge >= 0.3 is 0 Å². The molecule has 6 aromatic carbocycles. The molecule has 9 aromatic rings. The maximum Gasteiger partial charge on any atom is 0.163 e. The predicted octanol–water partition coefficient (Wildman–Crippen LogP) is 9.88.